The van der Waals surface area contributed by atoms with Gasteiger partial charge in [-0.1, -0.05) is 23.9 Å². The molecule has 20 heavy (non-hydrogen) atoms. The van der Waals surface area contributed by atoms with Gasteiger partial charge >= 0.3 is 0 Å². The molecule has 1 unspecified atom stereocenters. The molecule has 0 saturated heterocycles. The monoisotopic (exact) mass is 282 g/mol. The maximum Gasteiger partial charge on any atom is 0.156 e. The molecule has 1 N–H and O–H groups in total. The third-order valence-electron chi connectivity index (χ3n) is 3.58. The first-order valence-electron chi connectivity index (χ1n) is 6.52. The predicted molar refractivity (Wildman–Crippen MR) is 82.7 cm³/mol. The number of hydrogen-bond acceptors (Lipinski definition) is 4. The molecule has 4 heteroatoms. The molecule has 100 valence electrons. The Bertz CT molecular complexity index is 681. The summed E-state index contributed by atoms with van der Waals surface area (Å²) in [4.78, 5) is 3.62. The van der Waals surface area contributed by atoms with Gasteiger partial charge in [0.15, 0.2) is 5.50 Å². The lowest BCUT2D eigenvalue weighted by Crippen LogP contribution is -2.28. The van der Waals surface area contributed by atoms with Crippen molar-refractivity contribution in [3.05, 3.63) is 60.3 Å². The molecule has 3 nitrogen and oxygen atoms in total. The fourth-order valence-corrected chi connectivity index (χ4v) is 3.71. The van der Waals surface area contributed by atoms with Crippen LogP contribution < -0.4 is 15.0 Å². The zero-order valence-electron chi connectivity index (χ0n) is 11.0. The molecule has 0 radical (unpaired) electrons. The fraction of sp³-hybridized carbons (Fsp3) is 0.125. The maximum absolute atomic E-state index is 5.20. The minimum absolute atomic E-state index is 0.268. The first-order valence-corrected chi connectivity index (χ1v) is 7.40. The van der Waals surface area contributed by atoms with Crippen LogP contribution in [0.3, 0.4) is 0 Å². The van der Waals surface area contributed by atoms with E-state index < -0.39 is 0 Å². The van der Waals surface area contributed by atoms with E-state index in [1.54, 1.807) is 7.11 Å². The third kappa shape index (κ3) is 1.76. The summed E-state index contributed by atoms with van der Waals surface area (Å²) in [5.41, 5.74) is 3.88. The molecule has 2 aliphatic heterocycles. The molecule has 2 heterocycles. The molecule has 2 aliphatic rings. The van der Waals surface area contributed by atoms with Crippen LogP contribution in [0.2, 0.25) is 0 Å². The van der Waals surface area contributed by atoms with Crippen molar-refractivity contribution in [2.75, 3.05) is 12.0 Å². The van der Waals surface area contributed by atoms with Crippen LogP contribution in [0.4, 0.5) is 5.69 Å². The van der Waals surface area contributed by atoms with Crippen LogP contribution in [0.15, 0.2) is 59.6 Å². The Morgan fingerprint density at radius 2 is 1.90 bits per heavy atom. The summed E-state index contributed by atoms with van der Waals surface area (Å²) in [6.45, 7) is 0. The van der Waals surface area contributed by atoms with E-state index in [1.165, 1.54) is 16.1 Å². The standard InChI is InChI=1S/C16H14N2OS/c1-19-12-8-6-11(7-9-12)13-10-18-14-4-2-3-5-15(14)20-16(18)17-13/h2-10,16-17H,1H3. The molecule has 0 aliphatic carbocycles. The number of nitrogens with zero attached hydrogens (tertiary/aromatic N) is 1. The summed E-state index contributed by atoms with van der Waals surface area (Å²) in [5.74, 6) is 0.882. The quantitative estimate of drug-likeness (QED) is 0.911. The van der Waals surface area contributed by atoms with Crippen molar-refractivity contribution in [1.82, 2.24) is 5.32 Å². The van der Waals surface area contributed by atoms with E-state index in [2.05, 4.69) is 52.8 Å². The van der Waals surface area contributed by atoms with E-state index in [-0.39, 0.29) is 5.50 Å². The zero-order chi connectivity index (χ0) is 13.5. The highest BCUT2D eigenvalue weighted by molar-refractivity contribution is 8.00. The van der Waals surface area contributed by atoms with Crippen LogP contribution in [0, 0.1) is 0 Å². The van der Waals surface area contributed by atoms with Gasteiger partial charge in [0.2, 0.25) is 0 Å². The average molecular weight is 282 g/mol. The highest BCUT2D eigenvalue weighted by atomic mass is 32.2. The summed E-state index contributed by atoms with van der Waals surface area (Å²) < 4.78 is 5.20. The molecule has 2 aromatic carbocycles. The fourth-order valence-electron chi connectivity index (χ4n) is 2.55. The second-order valence-electron chi connectivity index (χ2n) is 4.76. The number of nitrogens with one attached hydrogen (secondary N) is 1. The van der Waals surface area contributed by atoms with Crippen LogP contribution in [0.1, 0.15) is 5.56 Å². The van der Waals surface area contributed by atoms with Crippen molar-refractivity contribution in [2.24, 2.45) is 0 Å². The van der Waals surface area contributed by atoms with Crippen LogP contribution in [-0.2, 0) is 0 Å². The van der Waals surface area contributed by atoms with Crippen molar-refractivity contribution >= 4 is 23.1 Å². The van der Waals surface area contributed by atoms with Crippen LogP contribution >= 0.6 is 11.8 Å². The number of benzene rings is 2. The number of rotatable bonds is 2. The topological polar surface area (TPSA) is 24.5 Å². The van der Waals surface area contributed by atoms with Crippen LogP contribution in [0.25, 0.3) is 5.70 Å². The van der Waals surface area contributed by atoms with Crippen molar-refractivity contribution in [2.45, 2.75) is 10.4 Å². The van der Waals surface area contributed by atoms with Gasteiger partial charge in [-0.2, -0.15) is 0 Å². The van der Waals surface area contributed by atoms with E-state index in [0.717, 1.165) is 11.4 Å². The first kappa shape index (κ1) is 11.7. The van der Waals surface area contributed by atoms with Gasteiger partial charge in [0.25, 0.3) is 0 Å². The second kappa shape index (κ2) is 4.49. The summed E-state index contributed by atoms with van der Waals surface area (Å²) >= 11 is 1.85. The Hall–Kier alpha value is -2.07. The third-order valence-corrected chi connectivity index (χ3v) is 4.75. The molecular formula is C16H14N2OS. The van der Waals surface area contributed by atoms with E-state index in [9.17, 15) is 0 Å². The van der Waals surface area contributed by atoms with E-state index in [1.807, 2.05) is 23.9 Å². The van der Waals surface area contributed by atoms with Gasteiger partial charge in [0.1, 0.15) is 5.75 Å². The number of methoxy groups -OCH3 is 1. The highest BCUT2D eigenvalue weighted by Gasteiger charge is 2.33. The predicted octanol–water partition coefficient (Wildman–Crippen LogP) is 3.49. The van der Waals surface area contributed by atoms with E-state index >= 15 is 0 Å². The molecule has 2 aromatic rings. The van der Waals surface area contributed by atoms with Gasteiger partial charge in [-0.3, -0.25) is 0 Å². The zero-order valence-corrected chi connectivity index (χ0v) is 11.9. The Balaban J connectivity index is 1.66. The Labute approximate surface area is 122 Å². The van der Waals surface area contributed by atoms with Crippen molar-refractivity contribution < 1.29 is 4.74 Å². The summed E-state index contributed by atoms with van der Waals surface area (Å²) in [6.07, 6.45) is 2.19. The van der Waals surface area contributed by atoms with Crippen molar-refractivity contribution in [3.63, 3.8) is 0 Å². The number of para-hydroxylation sites is 1. The molecular weight excluding hydrogens is 268 g/mol. The number of hydrogen-bond donors (Lipinski definition) is 1. The Morgan fingerprint density at radius 1 is 1.10 bits per heavy atom. The second-order valence-corrected chi connectivity index (χ2v) is 5.88. The highest BCUT2D eigenvalue weighted by Crippen LogP contribution is 2.45. The molecule has 1 atom stereocenters. The normalized spacial score (nSPS) is 19.1. The Kier molecular flexibility index (Phi) is 2.63. The van der Waals surface area contributed by atoms with Gasteiger partial charge in [-0.25, -0.2) is 0 Å². The molecule has 0 fully saturated rings. The van der Waals surface area contributed by atoms with Crippen LogP contribution in [-0.4, -0.2) is 12.6 Å². The summed E-state index contributed by atoms with van der Waals surface area (Å²) in [7, 11) is 1.69. The number of anilines is 1. The van der Waals surface area contributed by atoms with Gasteiger partial charge < -0.3 is 15.0 Å². The lowest BCUT2D eigenvalue weighted by atomic mass is 10.1. The van der Waals surface area contributed by atoms with Gasteiger partial charge in [0.05, 0.1) is 18.5 Å². The number of fused-ring (bicyclic) bond motifs is 3. The van der Waals surface area contributed by atoms with Crippen molar-refractivity contribution in [3.8, 4) is 5.75 Å². The van der Waals surface area contributed by atoms with Gasteiger partial charge in [0, 0.05) is 11.1 Å². The molecule has 4 rings (SSSR count). The van der Waals surface area contributed by atoms with E-state index in [0.29, 0.717) is 0 Å². The van der Waals surface area contributed by atoms with Crippen LogP contribution in [0.5, 0.6) is 5.75 Å². The maximum atomic E-state index is 5.20. The first-order chi connectivity index (χ1) is 9.85. The molecule has 0 bridgehead atoms. The van der Waals surface area contributed by atoms with Gasteiger partial charge in [-0.15, -0.1) is 0 Å². The molecule has 0 spiro atoms. The summed E-state index contributed by atoms with van der Waals surface area (Å²) in [6, 6.07) is 16.6. The number of ether oxygens (including phenoxy) is 1. The average Bonchev–Trinajstić information content (AvgIpc) is 3.05. The number of thioether (sulfide) groups is 1. The largest absolute Gasteiger partial charge is 0.497 e. The van der Waals surface area contributed by atoms with Gasteiger partial charge in [-0.05, 0) is 42.0 Å². The lowest BCUT2D eigenvalue weighted by molar-refractivity contribution is 0.415. The minimum Gasteiger partial charge on any atom is -0.497 e. The molecule has 0 saturated carbocycles. The van der Waals surface area contributed by atoms with Crippen molar-refractivity contribution in [1.29, 1.82) is 0 Å². The molecule has 0 aromatic heterocycles. The van der Waals surface area contributed by atoms with E-state index in [4.69, 9.17) is 4.74 Å². The Morgan fingerprint density at radius 3 is 2.70 bits per heavy atom. The summed E-state index contributed by atoms with van der Waals surface area (Å²) in [5, 5.41) is 3.56. The SMILES string of the molecule is COc1ccc(C2=CN3c4ccccc4SC3N2)cc1. The minimum atomic E-state index is 0.268. The smallest absolute Gasteiger partial charge is 0.156 e. The lowest BCUT2D eigenvalue weighted by Gasteiger charge is -2.15. The molecule has 0 amide bonds.